The maximum Gasteiger partial charge on any atom is 0.276 e. The Balaban J connectivity index is 1.41. The molecule has 0 fully saturated rings. The Morgan fingerprint density at radius 1 is 0.970 bits per heavy atom. The highest BCUT2D eigenvalue weighted by Gasteiger charge is 2.17. The van der Waals surface area contributed by atoms with Crippen molar-refractivity contribution in [3.05, 3.63) is 89.0 Å². The number of nitrogens with zero attached hydrogens (tertiary/aromatic N) is 4. The minimum absolute atomic E-state index is 0.187. The first-order chi connectivity index (χ1) is 15.9. The molecule has 0 spiro atoms. The van der Waals surface area contributed by atoms with Crippen molar-refractivity contribution in [1.29, 1.82) is 0 Å². The van der Waals surface area contributed by atoms with E-state index in [0.29, 0.717) is 23.7 Å². The number of anilines is 1. The molecule has 2 aromatic heterocycles. The summed E-state index contributed by atoms with van der Waals surface area (Å²) in [5, 5.41) is 11.9. The first-order valence-electron chi connectivity index (χ1n) is 10.6. The lowest BCUT2D eigenvalue weighted by molar-refractivity contribution is 0.102. The molecule has 1 amide bonds. The van der Waals surface area contributed by atoms with Crippen LogP contribution in [0.4, 0.5) is 5.69 Å². The van der Waals surface area contributed by atoms with Gasteiger partial charge in [0.05, 0.1) is 30.7 Å². The summed E-state index contributed by atoms with van der Waals surface area (Å²) in [6.45, 7) is 6.75. The van der Waals surface area contributed by atoms with Crippen molar-refractivity contribution in [3.63, 3.8) is 0 Å². The molecule has 0 saturated carbocycles. The summed E-state index contributed by atoms with van der Waals surface area (Å²) in [7, 11) is 1.62. The van der Waals surface area contributed by atoms with Gasteiger partial charge in [-0.05, 0) is 62.2 Å². The average molecular weight is 446 g/mol. The molecule has 2 aromatic carbocycles. The second-order valence-corrected chi connectivity index (χ2v) is 7.77. The molecule has 0 aliphatic rings. The lowest BCUT2D eigenvalue weighted by atomic mass is 10.1. The van der Waals surface area contributed by atoms with E-state index in [-0.39, 0.29) is 12.6 Å². The first-order valence-corrected chi connectivity index (χ1v) is 10.6. The van der Waals surface area contributed by atoms with Gasteiger partial charge in [-0.25, -0.2) is 4.68 Å². The number of carbonyl (C=O) groups is 1. The van der Waals surface area contributed by atoms with Crippen LogP contribution >= 0.6 is 0 Å². The minimum Gasteiger partial charge on any atom is -0.497 e. The van der Waals surface area contributed by atoms with Crippen molar-refractivity contribution in [2.24, 2.45) is 0 Å². The number of methoxy groups -OCH3 is 1. The van der Waals surface area contributed by atoms with Crippen LogP contribution in [0.1, 0.15) is 33.0 Å². The van der Waals surface area contributed by atoms with Crippen molar-refractivity contribution in [3.8, 4) is 11.5 Å². The molecule has 1 N–H and O–H groups in total. The van der Waals surface area contributed by atoms with E-state index in [1.165, 1.54) is 11.1 Å². The van der Waals surface area contributed by atoms with Crippen LogP contribution < -0.4 is 14.8 Å². The molecule has 0 saturated heterocycles. The average Bonchev–Trinajstić information content (AvgIpc) is 3.40. The van der Waals surface area contributed by atoms with Gasteiger partial charge < -0.3 is 14.8 Å². The summed E-state index contributed by atoms with van der Waals surface area (Å²) < 4.78 is 14.3. The maximum atomic E-state index is 12.8. The summed E-state index contributed by atoms with van der Waals surface area (Å²) in [4.78, 5) is 12.8. The largest absolute Gasteiger partial charge is 0.497 e. The predicted molar refractivity (Wildman–Crippen MR) is 126 cm³/mol. The van der Waals surface area contributed by atoms with Gasteiger partial charge in [0.2, 0.25) is 0 Å². The van der Waals surface area contributed by atoms with Gasteiger partial charge in [-0.3, -0.25) is 9.48 Å². The number of aryl methyl sites for hydroxylation is 2. The minimum atomic E-state index is -0.292. The van der Waals surface area contributed by atoms with E-state index in [1.807, 2.05) is 54.9 Å². The summed E-state index contributed by atoms with van der Waals surface area (Å²) in [6.07, 6.45) is 1.71. The number of benzene rings is 2. The van der Waals surface area contributed by atoms with Crippen molar-refractivity contribution in [2.45, 2.75) is 34.0 Å². The van der Waals surface area contributed by atoms with E-state index < -0.39 is 0 Å². The molecule has 170 valence electrons. The van der Waals surface area contributed by atoms with Gasteiger partial charge in [-0.1, -0.05) is 24.3 Å². The zero-order chi connectivity index (χ0) is 23.4. The van der Waals surface area contributed by atoms with Gasteiger partial charge in [0.15, 0.2) is 12.4 Å². The van der Waals surface area contributed by atoms with Crippen LogP contribution in [0.5, 0.6) is 11.5 Å². The summed E-state index contributed by atoms with van der Waals surface area (Å²) in [5.41, 5.74) is 5.06. The first kappa shape index (κ1) is 22.1. The van der Waals surface area contributed by atoms with E-state index in [1.54, 1.807) is 24.1 Å². The number of rotatable bonds is 8. The van der Waals surface area contributed by atoms with Gasteiger partial charge in [0, 0.05) is 6.20 Å². The molecule has 0 unspecified atom stereocenters. The van der Waals surface area contributed by atoms with E-state index in [4.69, 9.17) is 9.47 Å². The molecule has 0 atom stereocenters. The highest BCUT2D eigenvalue weighted by atomic mass is 16.5. The van der Waals surface area contributed by atoms with E-state index in [0.717, 1.165) is 17.1 Å². The van der Waals surface area contributed by atoms with Crippen molar-refractivity contribution in [1.82, 2.24) is 19.6 Å². The fourth-order valence-electron chi connectivity index (χ4n) is 3.53. The molecule has 4 rings (SSSR count). The van der Waals surface area contributed by atoms with Gasteiger partial charge in [-0.15, -0.1) is 0 Å². The van der Waals surface area contributed by atoms with Crippen LogP contribution in [-0.2, 0) is 13.3 Å². The number of aromatic nitrogens is 4. The Morgan fingerprint density at radius 2 is 1.70 bits per heavy atom. The molecule has 8 nitrogen and oxygen atoms in total. The number of ether oxygens (including phenoxy) is 2. The molecule has 8 heteroatoms. The van der Waals surface area contributed by atoms with Crippen molar-refractivity contribution < 1.29 is 14.3 Å². The molecular formula is C25H27N5O3. The highest BCUT2D eigenvalue weighted by Crippen LogP contribution is 2.22. The van der Waals surface area contributed by atoms with Crippen molar-refractivity contribution in [2.75, 3.05) is 12.4 Å². The number of nitrogens with one attached hydrogen (secondary N) is 1. The number of hydrogen-bond donors (Lipinski definition) is 1. The second-order valence-electron chi connectivity index (χ2n) is 7.77. The van der Waals surface area contributed by atoms with E-state index >= 15 is 0 Å². The third-order valence-electron chi connectivity index (χ3n) is 5.50. The molecule has 33 heavy (non-hydrogen) atoms. The fourth-order valence-corrected chi connectivity index (χ4v) is 3.53. The summed E-state index contributed by atoms with van der Waals surface area (Å²) >= 11 is 0. The van der Waals surface area contributed by atoms with Gasteiger partial charge in [0.1, 0.15) is 11.5 Å². The quantitative estimate of drug-likeness (QED) is 0.436. The molecule has 0 aliphatic heterocycles. The smallest absolute Gasteiger partial charge is 0.276 e. The van der Waals surface area contributed by atoms with Crippen LogP contribution in [0.25, 0.3) is 0 Å². The Kier molecular flexibility index (Phi) is 6.44. The lowest BCUT2D eigenvalue weighted by Gasteiger charge is -2.09. The predicted octanol–water partition coefficient (Wildman–Crippen LogP) is 4.35. The van der Waals surface area contributed by atoms with Crippen LogP contribution in [0.2, 0.25) is 0 Å². The van der Waals surface area contributed by atoms with Crippen molar-refractivity contribution >= 4 is 11.6 Å². The molecule has 4 aromatic rings. The summed E-state index contributed by atoms with van der Waals surface area (Å²) in [6, 6.07) is 17.1. The van der Waals surface area contributed by atoms with Crippen LogP contribution in [0.3, 0.4) is 0 Å². The monoisotopic (exact) mass is 445 g/mol. The number of amides is 1. The van der Waals surface area contributed by atoms with Crippen LogP contribution in [-0.4, -0.2) is 32.6 Å². The van der Waals surface area contributed by atoms with Gasteiger partial charge >= 0.3 is 0 Å². The van der Waals surface area contributed by atoms with Crippen LogP contribution in [0.15, 0.2) is 60.8 Å². The zero-order valence-corrected chi connectivity index (χ0v) is 19.2. The normalized spacial score (nSPS) is 10.8. The highest BCUT2D eigenvalue weighted by molar-refractivity contribution is 6.03. The number of carbonyl (C=O) groups excluding carboxylic acids is 1. The molecular weight excluding hydrogens is 418 g/mol. The molecule has 0 radical (unpaired) electrons. The third kappa shape index (κ3) is 5.06. The summed E-state index contributed by atoms with van der Waals surface area (Å²) in [5.74, 6) is 1.15. The fraction of sp³-hybridized carbons (Fsp3) is 0.240. The zero-order valence-electron chi connectivity index (χ0n) is 19.2. The molecule has 0 bridgehead atoms. The third-order valence-corrected chi connectivity index (χ3v) is 5.50. The molecule has 2 heterocycles. The van der Waals surface area contributed by atoms with E-state index in [9.17, 15) is 4.79 Å². The number of hydrogen-bond acceptors (Lipinski definition) is 5. The Labute approximate surface area is 192 Å². The van der Waals surface area contributed by atoms with Crippen LogP contribution in [0, 0.1) is 20.8 Å². The SMILES string of the molecule is COc1ccc(OCn2ccc(C(=O)Nc3c(C)nn(Cc4ccccc4C)c3C)n2)cc1. The van der Waals surface area contributed by atoms with Gasteiger partial charge in [-0.2, -0.15) is 10.2 Å². The Hall–Kier alpha value is -4.07. The second kappa shape index (κ2) is 9.60. The molecule has 0 aliphatic carbocycles. The topological polar surface area (TPSA) is 83.2 Å². The van der Waals surface area contributed by atoms with Gasteiger partial charge in [0.25, 0.3) is 5.91 Å². The Bertz CT molecular complexity index is 1260. The Morgan fingerprint density at radius 3 is 2.42 bits per heavy atom. The standard InChI is InChI=1S/C25H27N5O3/c1-17-7-5-6-8-20(17)15-30-19(3)24(18(2)27-30)26-25(31)23-13-14-29(28-23)16-33-22-11-9-21(32-4)10-12-22/h5-14H,15-16H2,1-4H3,(H,26,31). The maximum absolute atomic E-state index is 12.8. The lowest BCUT2D eigenvalue weighted by Crippen LogP contribution is -2.15. The van der Waals surface area contributed by atoms with E-state index in [2.05, 4.69) is 34.6 Å².